The number of nitrogens with one attached hydrogen (secondary N) is 1. The molecule has 0 amide bonds. The molecule has 1 aliphatic heterocycles. The van der Waals surface area contributed by atoms with Crippen molar-refractivity contribution >= 4 is 16.6 Å². The van der Waals surface area contributed by atoms with Gasteiger partial charge in [0.25, 0.3) is 11.2 Å². The summed E-state index contributed by atoms with van der Waals surface area (Å²) in [6.07, 6.45) is 0. The number of nitrogens with two attached hydrogens (primary N) is 1. The van der Waals surface area contributed by atoms with Crippen LogP contribution < -0.4 is 16.0 Å². The van der Waals surface area contributed by atoms with Crippen LogP contribution >= 0.6 is 0 Å². The second kappa shape index (κ2) is 6.00. The SMILES string of the molecule is N#CC1=C(N)Oc2c(c(=O)[nH]c3ccccc23)[C@@H]1c1ccccc1[N+](=O)[O-]. The van der Waals surface area contributed by atoms with Crippen LogP contribution in [0.25, 0.3) is 10.9 Å². The molecule has 0 fully saturated rings. The van der Waals surface area contributed by atoms with Crippen LogP contribution in [0, 0.1) is 21.4 Å². The molecule has 0 saturated heterocycles. The summed E-state index contributed by atoms with van der Waals surface area (Å²) in [5, 5.41) is 21.7. The van der Waals surface area contributed by atoms with Crippen LogP contribution in [0.2, 0.25) is 0 Å². The van der Waals surface area contributed by atoms with Crippen LogP contribution in [-0.4, -0.2) is 9.91 Å². The molecule has 2 aromatic carbocycles. The number of rotatable bonds is 2. The summed E-state index contributed by atoms with van der Waals surface area (Å²) in [5.74, 6) is -0.980. The predicted octanol–water partition coefficient (Wildman–Crippen LogP) is 2.65. The zero-order valence-corrected chi connectivity index (χ0v) is 13.8. The lowest BCUT2D eigenvalue weighted by Gasteiger charge is -2.26. The molecule has 0 aliphatic carbocycles. The first-order valence-corrected chi connectivity index (χ1v) is 7.98. The van der Waals surface area contributed by atoms with E-state index in [1.54, 1.807) is 30.3 Å². The number of aromatic amines is 1. The van der Waals surface area contributed by atoms with Crippen LogP contribution in [0.3, 0.4) is 0 Å². The summed E-state index contributed by atoms with van der Waals surface area (Å²) < 4.78 is 5.63. The van der Waals surface area contributed by atoms with E-state index in [9.17, 15) is 20.2 Å². The number of hydrogen-bond donors (Lipinski definition) is 2. The first-order valence-electron chi connectivity index (χ1n) is 7.98. The molecule has 0 saturated carbocycles. The van der Waals surface area contributed by atoms with Gasteiger partial charge in [0.05, 0.1) is 21.9 Å². The number of allylic oxidation sites excluding steroid dienone is 1. The van der Waals surface area contributed by atoms with Crippen LogP contribution in [0.5, 0.6) is 5.75 Å². The lowest BCUT2D eigenvalue weighted by molar-refractivity contribution is -0.385. The smallest absolute Gasteiger partial charge is 0.273 e. The molecular formula is C19H12N4O4. The summed E-state index contributed by atoms with van der Waals surface area (Å²) >= 11 is 0. The highest BCUT2D eigenvalue weighted by atomic mass is 16.6. The van der Waals surface area contributed by atoms with Gasteiger partial charge in [0.1, 0.15) is 17.4 Å². The number of para-hydroxylation sites is 2. The average Bonchev–Trinajstić information content (AvgIpc) is 2.67. The summed E-state index contributed by atoms with van der Waals surface area (Å²) in [4.78, 5) is 26.5. The van der Waals surface area contributed by atoms with E-state index in [2.05, 4.69) is 4.98 Å². The highest BCUT2D eigenvalue weighted by Crippen LogP contribution is 2.45. The number of nitro benzene ring substituents is 1. The molecule has 3 aromatic rings. The molecule has 3 N–H and O–H groups in total. The number of hydrogen-bond acceptors (Lipinski definition) is 6. The Balaban J connectivity index is 2.12. The van der Waals surface area contributed by atoms with Crippen LogP contribution in [0.1, 0.15) is 17.0 Å². The monoisotopic (exact) mass is 360 g/mol. The van der Waals surface area contributed by atoms with E-state index in [-0.39, 0.29) is 34.0 Å². The van der Waals surface area contributed by atoms with E-state index in [4.69, 9.17) is 10.5 Å². The highest BCUT2D eigenvalue weighted by Gasteiger charge is 2.37. The number of pyridine rings is 1. The minimum absolute atomic E-state index is 0.0439. The number of ether oxygens (including phenoxy) is 1. The van der Waals surface area contributed by atoms with Crippen molar-refractivity contribution in [3.05, 3.63) is 91.6 Å². The van der Waals surface area contributed by atoms with Gasteiger partial charge in [0, 0.05) is 17.0 Å². The zero-order valence-electron chi connectivity index (χ0n) is 13.8. The molecule has 132 valence electrons. The van der Waals surface area contributed by atoms with Gasteiger partial charge >= 0.3 is 0 Å². The fraction of sp³-hybridized carbons (Fsp3) is 0.0526. The maximum Gasteiger partial charge on any atom is 0.273 e. The Labute approximate surface area is 152 Å². The molecule has 27 heavy (non-hydrogen) atoms. The molecule has 4 rings (SSSR count). The summed E-state index contributed by atoms with van der Waals surface area (Å²) in [7, 11) is 0. The van der Waals surface area contributed by atoms with Crippen molar-refractivity contribution < 1.29 is 9.66 Å². The predicted molar refractivity (Wildman–Crippen MR) is 97.0 cm³/mol. The Kier molecular flexibility index (Phi) is 3.63. The van der Waals surface area contributed by atoms with Gasteiger partial charge in [-0.2, -0.15) is 5.26 Å². The summed E-state index contributed by atoms with van der Waals surface area (Å²) in [5.41, 5.74) is 6.07. The number of fused-ring (bicyclic) bond motifs is 3. The second-order valence-corrected chi connectivity index (χ2v) is 5.98. The molecule has 0 unspecified atom stereocenters. The number of aromatic nitrogens is 1. The minimum atomic E-state index is -1.01. The minimum Gasteiger partial charge on any atom is -0.439 e. The number of nitro groups is 1. The van der Waals surface area contributed by atoms with Crippen molar-refractivity contribution in [1.82, 2.24) is 4.98 Å². The molecule has 2 heterocycles. The molecule has 0 radical (unpaired) electrons. The Morgan fingerprint density at radius 2 is 1.89 bits per heavy atom. The lowest BCUT2D eigenvalue weighted by Crippen LogP contribution is -2.28. The van der Waals surface area contributed by atoms with Gasteiger partial charge in [-0.25, -0.2) is 0 Å². The van der Waals surface area contributed by atoms with Crippen molar-refractivity contribution in [3.8, 4) is 11.8 Å². The Morgan fingerprint density at radius 3 is 2.63 bits per heavy atom. The van der Waals surface area contributed by atoms with E-state index < -0.39 is 16.4 Å². The third-order valence-electron chi connectivity index (χ3n) is 4.53. The van der Waals surface area contributed by atoms with Crippen molar-refractivity contribution in [2.24, 2.45) is 5.73 Å². The molecule has 8 nitrogen and oxygen atoms in total. The van der Waals surface area contributed by atoms with E-state index in [1.807, 2.05) is 6.07 Å². The van der Waals surface area contributed by atoms with Crippen LogP contribution in [0.15, 0.2) is 64.8 Å². The Bertz CT molecular complexity index is 1240. The van der Waals surface area contributed by atoms with Crippen LogP contribution in [0.4, 0.5) is 5.69 Å². The number of nitriles is 1. The highest BCUT2D eigenvalue weighted by molar-refractivity contribution is 5.87. The second-order valence-electron chi connectivity index (χ2n) is 5.98. The first kappa shape index (κ1) is 16.4. The van der Waals surface area contributed by atoms with Gasteiger partial charge in [-0.1, -0.05) is 30.3 Å². The van der Waals surface area contributed by atoms with Gasteiger partial charge in [0.2, 0.25) is 5.88 Å². The van der Waals surface area contributed by atoms with Gasteiger partial charge < -0.3 is 15.5 Å². The van der Waals surface area contributed by atoms with E-state index >= 15 is 0 Å². The average molecular weight is 360 g/mol. The molecule has 0 spiro atoms. The van der Waals surface area contributed by atoms with Crippen molar-refractivity contribution in [2.75, 3.05) is 0 Å². The van der Waals surface area contributed by atoms with Crippen molar-refractivity contribution in [1.29, 1.82) is 5.26 Å². The van der Waals surface area contributed by atoms with Gasteiger partial charge in [0.15, 0.2) is 0 Å². The van der Waals surface area contributed by atoms with E-state index in [0.717, 1.165) is 0 Å². The summed E-state index contributed by atoms with van der Waals surface area (Å²) in [6.45, 7) is 0. The number of H-pyrrole nitrogens is 1. The van der Waals surface area contributed by atoms with Crippen molar-refractivity contribution in [2.45, 2.75) is 5.92 Å². The number of benzene rings is 2. The van der Waals surface area contributed by atoms with Gasteiger partial charge in [-0.15, -0.1) is 0 Å². The topological polar surface area (TPSA) is 135 Å². The van der Waals surface area contributed by atoms with Gasteiger partial charge in [-0.3, -0.25) is 14.9 Å². The Morgan fingerprint density at radius 1 is 1.19 bits per heavy atom. The molecule has 8 heteroatoms. The first-order chi connectivity index (χ1) is 13.0. The largest absolute Gasteiger partial charge is 0.439 e. The quantitative estimate of drug-likeness (QED) is 0.533. The number of nitrogens with zero attached hydrogens (tertiary/aromatic N) is 2. The van der Waals surface area contributed by atoms with Crippen molar-refractivity contribution in [3.63, 3.8) is 0 Å². The maximum absolute atomic E-state index is 12.8. The van der Waals surface area contributed by atoms with Gasteiger partial charge in [-0.05, 0) is 12.1 Å². The molecule has 1 aliphatic rings. The molecule has 1 atom stereocenters. The molecular weight excluding hydrogens is 348 g/mol. The fourth-order valence-corrected chi connectivity index (χ4v) is 3.38. The van der Waals surface area contributed by atoms with E-state index in [1.165, 1.54) is 18.2 Å². The molecule has 1 aromatic heterocycles. The Hall–Kier alpha value is -4.12. The third-order valence-corrected chi connectivity index (χ3v) is 4.53. The lowest BCUT2D eigenvalue weighted by atomic mass is 9.82. The molecule has 0 bridgehead atoms. The zero-order chi connectivity index (χ0) is 19.1. The standard InChI is InChI=1S/C19H12N4O4/c20-9-12-15(11-6-2-4-8-14(11)23(25)26)16-17(27-18(12)21)10-5-1-3-7-13(10)22-19(16)24/h1-8,15H,21H2,(H,22,24)/t15-/m1/s1. The third kappa shape index (κ3) is 2.41. The fourth-order valence-electron chi connectivity index (χ4n) is 3.38. The summed E-state index contributed by atoms with van der Waals surface area (Å²) in [6, 6.07) is 14.9. The normalized spacial score (nSPS) is 15.7. The maximum atomic E-state index is 12.8. The van der Waals surface area contributed by atoms with Crippen LogP contribution in [-0.2, 0) is 0 Å². The van der Waals surface area contributed by atoms with E-state index in [0.29, 0.717) is 10.9 Å².